The molecule has 0 saturated carbocycles. The zero-order valence-corrected chi connectivity index (χ0v) is 17.3. The zero-order valence-electron chi connectivity index (χ0n) is 17.3. The fraction of sp³-hybridized carbons (Fsp3) is 0.280. The second-order valence-electron chi connectivity index (χ2n) is 8.38. The molecule has 6 heteroatoms. The molecule has 1 fully saturated rings. The molecule has 5 rings (SSSR count). The van der Waals surface area contributed by atoms with E-state index in [1.165, 1.54) is 37.6 Å². The van der Waals surface area contributed by atoms with Gasteiger partial charge in [-0.05, 0) is 93.4 Å². The molecule has 2 aromatic carbocycles. The number of carboxylic acids is 1. The number of hydrogen-bond acceptors (Lipinski definition) is 3. The molecule has 2 aliphatic heterocycles. The Morgan fingerprint density at radius 3 is 2.74 bits per heavy atom. The third-order valence-corrected chi connectivity index (χ3v) is 6.19. The molecule has 1 saturated heterocycles. The number of carbonyl (C=O) groups excluding carboxylic acids is 1. The summed E-state index contributed by atoms with van der Waals surface area (Å²) in [6.07, 6.45) is 6.67. The number of benzene rings is 2. The molecule has 6 nitrogen and oxygen atoms in total. The van der Waals surface area contributed by atoms with Crippen LogP contribution >= 0.6 is 0 Å². The van der Waals surface area contributed by atoms with E-state index in [9.17, 15) is 14.7 Å². The molecule has 0 bridgehead atoms. The van der Waals surface area contributed by atoms with E-state index < -0.39 is 5.97 Å². The Morgan fingerprint density at radius 1 is 1.10 bits per heavy atom. The summed E-state index contributed by atoms with van der Waals surface area (Å²) < 4.78 is 0. The van der Waals surface area contributed by atoms with Crippen molar-refractivity contribution in [2.24, 2.45) is 0 Å². The van der Waals surface area contributed by atoms with Crippen molar-refractivity contribution in [1.29, 1.82) is 0 Å². The van der Waals surface area contributed by atoms with Crippen LogP contribution < -0.4 is 5.32 Å². The number of nitrogens with zero attached hydrogens (tertiary/aromatic N) is 1. The topological polar surface area (TPSA) is 85.4 Å². The zero-order chi connectivity index (χ0) is 21.4. The summed E-state index contributed by atoms with van der Waals surface area (Å²) in [6.45, 7) is 3.63. The maximum absolute atomic E-state index is 12.5. The smallest absolute Gasteiger partial charge is 0.335 e. The average Bonchev–Trinajstić information content (AvgIpc) is 3.47. The van der Waals surface area contributed by atoms with Crippen molar-refractivity contribution in [2.75, 3.05) is 25.0 Å². The van der Waals surface area contributed by atoms with E-state index in [1.807, 2.05) is 6.07 Å². The number of aromatic nitrogens is 1. The van der Waals surface area contributed by atoms with Crippen molar-refractivity contribution < 1.29 is 14.7 Å². The average molecular weight is 415 g/mol. The van der Waals surface area contributed by atoms with E-state index in [0.29, 0.717) is 16.8 Å². The lowest BCUT2D eigenvalue weighted by Gasteiger charge is -2.13. The van der Waals surface area contributed by atoms with Crippen LogP contribution in [-0.4, -0.2) is 46.5 Å². The van der Waals surface area contributed by atoms with Gasteiger partial charge in [-0.15, -0.1) is 0 Å². The summed E-state index contributed by atoms with van der Waals surface area (Å²) in [7, 11) is 0. The van der Waals surface area contributed by atoms with Gasteiger partial charge in [-0.2, -0.15) is 0 Å². The Labute approximate surface area is 180 Å². The minimum atomic E-state index is -1.01. The summed E-state index contributed by atoms with van der Waals surface area (Å²) in [5.74, 6) is -1.23. The molecule has 0 aliphatic carbocycles. The molecular formula is C25H25N3O3. The summed E-state index contributed by atoms with van der Waals surface area (Å²) >= 11 is 0. The Balaban J connectivity index is 1.37. The molecule has 2 aliphatic rings. The van der Waals surface area contributed by atoms with Crippen LogP contribution in [0.25, 0.3) is 22.6 Å². The number of anilines is 1. The number of amides is 1. The number of hydrogen-bond donors (Lipinski definition) is 3. The second kappa shape index (κ2) is 8.04. The first-order valence-corrected chi connectivity index (χ1v) is 10.8. The summed E-state index contributed by atoms with van der Waals surface area (Å²) in [5.41, 5.74) is 5.05. The van der Waals surface area contributed by atoms with Crippen LogP contribution in [0.3, 0.4) is 0 Å². The largest absolute Gasteiger partial charge is 0.478 e. The summed E-state index contributed by atoms with van der Waals surface area (Å²) in [4.78, 5) is 29.7. The number of aromatic carboxylic acids is 1. The maximum atomic E-state index is 12.5. The number of H-pyrrole nitrogens is 1. The second-order valence-corrected chi connectivity index (χ2v) is 8.38. The van der Waals surface area contributed by atoms with Crippen LogP contribution in [0.4, 0.5) is 5.69 Å². The van der Waals surface area contributed by atoms with Crippen LogP contribution in [0.2, 0.25) is 0 Å². The van der Waals surface area contributed by atoms with E-state index in [-0.39, 0.29) is 11.5 Å². The van der Waals surface area contributed by atoms with Gasteiger partial charge in [-0.1, -0.05) is 6.07 Å². The van der Waals surface area contributed by atoms with E-state index in [0.717, 1.165) is 36.0 Å². The van der Waals surface area contributed by atoms with Gasteiger partial charge in [0.1, 0.15) is 0 Å². The Hall–Kier alpha value is -3.38. The SMILES string of the molecule is O=C1Nc2ccc(C(=O)O)cc2C1=Cc1cc2cc(CCCN3CCCC3)ccc2[nH]1. The highest BCUT2D eigenvalue weighted by molar-refractivity contribution is 6.35. The third-order valence-electron chi connectivity index (χ3n) is 6.19. The number of fused-ring (bicyclic) bond motifs is 2. The van der Waals surface area contributed by atoms with Crippen molar-refractivity contribution in [3.63, 3.8) is 0 Å². The fourth-order valence-corrected chi connectivity index (χ4v) is 4.57. The number of likely N-dealkylation sites (tertiary alicyclic amines) is 1. The standard InChI is InChI=1S/C25H25N3O3/c29-24-21(20-14-17(25(30)31)6-8-23(20)27-24)15-19-13-18-12-16(5-7-22(18)26-19)4-3-11-28-9-1-2-10-28/h5-8,12-15,26H,1-4,9-11H2,(H,27,29)(H,30,31). The molecule has 0 spiro atoms. The predicted octanol–water partition coefficient (Wildman–Crippen LogP) is 4.39. The molecule has 0 atom stereocenters. The highest BCUT2D eigenvalue weighted by Crippen LogP contribution is 2.34. The first-order chi connectivity index (χ1) is 15.1. The molecule has 158 valence electrons. The Bertz CT molecular complexity index is 1200. The van der Waals surface area contributed by atoms with Gasteiger partial charge in [0.25, 0.3) is 5.91 Å². The van der Waals surface area contributed by atoms with Gasteiger partial charge in [-0.25, -0.2) is 4.79 Å². The minimum Gasteiger partial charge on any atom is -0.478 e. The lowest BCUT2D eigenvalue weighted by atomic mass is 10.0. The minimum absolute atomic E-state index is 0.163. The van der Waals surface area contributed by atoms with E-state index in [4.69, 9.17) is 0 Å². The van der Waals surface area contributed by atoms with Crippen molar-refractivity contribution in [2.45, 2.75) is 25.7 Å². The van der Waals surface area contributed by atoms with Crippen molar-refractivity contribution in [3.05, 3.63) is 64.8 Å². The quantitative estimate of drug-likeness (QED) is 0.522. The molecule has 31 heavy (non-hydrogen) atoms. The van der Waals surface area contributed by atoms with Gasteiger partial charge in [0.05, 0.1) is 11.1 Å². The monoisotopic (exact) mass is 415 g/mol. The summed E-state index contributed by atoms with van der Waals surface area (Å²) in [5, 5.41) is 13.2. The van der Waals surface area contributed by atoms with Crippen molar-refractivity contribution >= 4 is 40.1 Å². The van der Waals surface area contributed by atoms with E-state index in [1.54, 1.807) is 18.2 Å². The lowest BCUT2D eigenvalue weighted by Crippen LogP contribution is -2.20. The third kappa shape index (κ3) is 3.99. The normalized spacial score (nSPS) is 17.4. The van der Waals surface area contributed by atoms with Crippen molar-refractivity contribution in [1.82, 2.24) is 9.88 Å². The predicted molar refractivity (Wildman–Crippen MR) is 122 cm³/mol. The van der Waals surface area contributed by atoms with Gasteiger partial charge in [0, 0.05) is 27.8 Å². The highest BCUT2D eigenvalue weighted by Gasteiger charge is 2.25. The van der Waals surface area contributed by atoms with E-state index >= 15 is 0 Å². The van der Waals surface area contributed by atoms with Gasteiger partial charge < -0.3 is 20.3 Å². The summed E-state index contributed by atoms with van der Waals surface area (Å²) in [6, 6.07) is 13.2. The van der Waals surface area contributed by atoms with Gasteiger partial charge in [0.2, 0.25) is 0 Å². The van der Waals surface area contributed by atoms with Crippen LogP contribution in [0.1, 0.15) is 46.4 Å². The van der Waals surface area contributed by atoms with Crippen LogP contribution in [0, 0.1) is 0 Å². The Kier molecular flexibility index (Phi) is 5.08. The van der Waals surface area contributed by atoms with Crippen LogP contribution in [-0.2, 0) is 11.2 Å². The maximum Gasteiger partial charge on any atom is 0.335 e. The van der Waals surface area contributed by atoms with E-state index in [2.05, 4.69) is 33.4 Å². The number of aromatic amines is 1. The number of rotatable bonds is 6. The number of nitrogens with one attached hydrogen (secondary N) is 2. The molecule has 0 unspecified atom stereocenters. The molecule has 3 heterocycles. The molecule has 1 amide bonds. The fourth-order valence-electron chi connectivity index (χ4n) is 4.57. The Morgan fingerprint density at radius 2 is 1.94 bits per heavy atom. The number of carbonyl (C=O) groups is 2. The molecule has 1 aromatic heterocycles. The van der Waals surface area contributed by atoms with Gasteiger partial charge >= 0.3 is 5.97 Å². The first kappa shape index (κ1) is 19.6. The van der Waals surface area contributed by atoms with Crippen LogP contribution in [0.15, 0.2) is 42.5 Å². The van der Waals surface area contributed by atoms with Crippen molar-refractivity contribution in [3.8, 4) is 0 Å². The number of aryl methyl sites for hydroxylation is 1. The van der Waals surface area contributed by atoms with Gasteiger partial charge in [0.15, 0.2) is 0 Å². The molecular weight excluding hydrogens is 390 g/mol. The highest BCUT2D eigenvalue weighted by atomic mass is 16.4. The molecule has 0 radical (unpaired) electrons. The molecule has 3 aromatic rings. The van der Waals surface area contributed by atoms with Crippen LogP contribution in [0.5, 0.6) is 0 Å². The first-order valence-electron chi connectivity index (χ1n) is 10.8. The lowest BCUT2D eigenvalue weighted by molar-refractivity contribution is -0.110. The number of carboxylic acid groups (broad SMARTS) is 1. The molecule has 3 N–H and O–H groups in total. The van der Waals surface area contributed by atoms with Gasteiger partial charge in [-0.3, -0.25) is 4.79 Å².